The van der Waals surface area contributed by atoms with Crippen LogP contribution in [0.15, 0.2) is 0 Å². The number of carbonyl (C=O) groups excluding carboxylic acids is 1. The topological polar surface area (TPSA) is 59.1 Å². The Labute approximate surface area is 176 Å². The highest BCUT2D eigenvalue weighted by molar-refractivity contribution is 5.69. The molecular formula is C25H40O4. The van der Waals surface area contributed by atoms with Crippen LogP contribution in [0.1, 0.15) is 78.6 Å². The first-order valence-electron chi connectivity index (χ1n) is 12.2. The molecule has 29 heavy (non-hydrogen) atoms. The normalized spacial score (nSPS) is 53.8. The monoisotopic (exact) mass is 404 g/mol. The van der Waals surface area contributed by atoms with Crippen molar-refractivity contribution in [2.45, 2.75) is 96.9 Å². The molecule has 0 unspecified atom stereocenters. The van der Waals surface area contributed by atoms with Crippen molar-refractivity contribution in [3.8, 4) is 0 Å². The van der Waals surface area contributed by atoms with Crippen LogP contribution >= 0.6 is 0 Å². The Morgan fingerprint density at radius 2 is 2.00 bits per heavy atom. The standard InChI is InChI=1S/C25H40O4/c1-14(5-10-20(27)28-4)18-8-9-19-17-7-6-15-13-16(26)11-12-24(15,2)21(17)22-23(29-22)25(18,19)3/h14-19,21-23,26H,5-13H2,1-4H3/t14-,15+,16+,17+,18-,19+,21-,22+,23+,24+,25-/m1/s1. The van der Waals surface area contributed by atoms with Gasteiger partial charge in [-0.1, -0.05) is 20.8 Å². The maximum Gasteiger partial charge on any atom is 0.305 e. The van der Waals surface area contributed by atoms with Crippen molar-refractivity contribution < 1.29 is 19.4 Å². The number of fused-ring (bicyclic) bond motifs is 8. The van der Waals surface area contributed by atoms with Gasteiger partial charge in [-0.2, -0.15) is 0 Å². The zero-order chi connectivity index (χ0) is 20.6. The molecule has 4 saturated carbocycles. The van der Waals surface area contributed by atoms with Gasteiger partial charge in [-0.15, -0.1) is 0 Å². The fourth-order valence-corrected chi connectivity index (χ4v) is 9.21. The Bertz CT molecular complexity index is 663. The summed E-state index contributed by atoms with van der Waals surface area (Å²) in [6, 6.07) is 0. The van der Waals surface area contributed by atoms with Crippen LogP contribution in [0.4, 0.5) is 0 Å². The van der Waals surface area contributed by atoms with E-state index in [9.17, 15) is 9.90 Å². The maximum absolute atomic E-state index is 11.7. The molecule has 1 aliphatic heterocycles. The highest BCUT2D eigenvalue weighted by Crippen LogP contribution is 2.73. The van der Waals surface area contributed by atoms with Gasteiger partial charge in [0.05, 0.1) is 25.4 Å². The van der Waals surface area contributed by atoms with Gasteiger partial charge in [-0.3, -0.25) is 4.79 Å². The molecular weight excluding hydrogens is 364 g/mol. The highest BCUT2D eigenvalue weighted by Gasteiger charge is 2.73. The Balaban J connectivity index is 1.37. The van der Waals surface area contributed by atoms with E-state index in [1.165, 1.54) is 39.2 Å². The van der Waals surface area contributed by atoms with Gasteiger partial charge in [0.1, 0.15) is 0 Å². The van der Waals surface area contributed by atoms with Crippen LogP contribution in [0.25, 0.3) is 0 Å². The molecule has 5 fully saturated rings. The number of esters is 1. The van der Waals surface area contributed by atoms with Crippen LogP contribution in [0.2, 0.25) is 0 Å². The minimum absolute atomic E-state index is 0.0773. The SMILES string of the molecule is COC(=O)CC[C@@H](C)[C@H]1CC[C@H]2[C@@H]3CC[C@H]4C[C@@H](O)CC[C@]4(C)[C@H]3[C@@H]3O[C@@H]3[C@]12C. The molecule has 4 heteroatoms. The van der Waals surface area contributed by atoms with Crippen LogP contribution < -0.4 is 0 Å². The molecule has 0 aromatic carbocycles. The summed E-state index contributed by atoms with van der Waals surface area (Å²) >= 11 is 0. The van der Waals surface area contributed by atoms with Crippen molar-refractivity contribution in [3.63, 3.8) is 0 Å². The summed E-state index contributed by atoms with van der Waals surface area (Å²) in [5.41, 5.74) is 0.635. The van der Waals surface area contributed by atoms with E-state index in [4.69, 9.17) is 9.47 Å². The third-order valence-electron chi connectivity index (χ3n) is 10.7. The predicted octanol–water partition coefficient (Wildman–Crippen LogP) is 4.58. The van der Waals surface area contributed by atoms with E-state index < -0.39 is 0 Å². The lowest BCUT2D eigenvalue weighted by molar-refractivity contribution is -0.141. The molecule has 164 valence electrons. The number of carbonyl (C=O) groups is 1. The van der Waals surface area contributed by atoms with Crippen LogP contribution in [0, 0.1) is 46.3 Å². The second-order valence-electron chi connectivity index (χ2n) is 11.7. The number of hydrogen-bond donors (Lipinski definition) is 1. The van der Waals surface area contributed by atoms with Crippen molar-refractivity contribution in [1.29, 1.82) is 0 Å². The fraction of sp³-hybridized carbons (Fsp3) is 0.960. The summed E-state index contributed by atoms with van der Waals surface area (Å²) in [7, 11) is 1.49. The summed E-state index contributed by atoms with van der Waals surface area (Å²) in [6.07, 6.45) is 10.7. The molecule has 0 aromatic heterocycles. The first-order valence-corrected chi connectivity index (χ1v) is 12.2. The van der Waals surface area contributed by atoms with Gasteiger partial charge in [-0.25, -0.2) is 0 Å². The molecule has 1 heterocycles. The van der Waals surface area contributed by atoms with E-state index in [1.54, 1.807) is 0 Å². The van der Waals surface area contributed by atoms with Crippen LogP contribution in [0.5, 0.6) is 0 Å². The lowest BCUT2D eigenvalue weighted by atomic mass is 9.44. The molecule has 0 amide bonds. The molecule has 5 aliphatic rings. The zero-order valence-electron chi connectivity index (χ0n) is 18.7. The van der Waals surface area contributed by atoms with Gasteiger partial charge in [0, 0.05) is 11.8 Å². The van der Waals surface area contributed by atoms with E-state index in [1.807, 2.05) is 0 Å². The fourth-order valence-electron chi connectivity index (χ4n) is 9.21. The summed E-state index contributed by atoms with van der Waals surface area (Å²) in [5, 5.41) is 10.3. The van der Waals surface area contributed by atoms with Crippen molar-refractivity contribution in [2.24, 2.45) is 46.3 Å². The molecule has 0 aromatic rings. The minimum atomic E-state index is -0.0825. The molecule has 1 N–H and O–H groups in total. The van der Waals surface area contributed by atoms with Crippen LogP contribution in [0.3, 0.4) is 0 Å². The molecule has 4 nitrogen and oxygen atoms in total. The average Bonchev–Trinajstić information content (AvgIpc) is 3.42. The molecule has 5 rings (SSSR count). The molecule has 0 bridgehead atoms. The summed E-state index contributed by atoms with van der Waals surface area (Å²) in [5.74, 6) is 4.06. The number of rotatable bonds is 4. The Kier molecular flexibility index (Phi) is 4.87. The lowest BCUT2D eigenvalue weighted by Gasteiger charge is -2.59. The quantitative estimate of drug-likeness (QED) is 0.550. The van der Waals surface area contributed by atoms with E-state index in [0.29, 0.717) is 47.7 Å². The molecule has 0 radical (unpaired) electrons. The first-order chi connectivity index (χ1) is 13.8. The molecule has 11 atom stereocenters. The van der Waals surface area contributed by atoms with Gasteiger partial charge >= 0.3 is 5.97 Å². The largest absolute Gasteiger partial charge is 0.469 e. The van der Waals surface area contributed by atoms with Gasteiger partial charge in [0.2, 0.25) is 0 Å². The van der Waals surface area contributed by atoms with Crippen molar-refractivity contribution in [2.75, 3.05) is 7.11 Å². The molecule has 0 spiro atoms. The van der Waals surface area contributed by atoms with Crippen LogP contribution in [-0.4, -0.2) is 36.5 Å². The number of hydrogen-bond acceptors (Lipinski definition) is 4. The van der Waals surface area contributed by atoms with E-state index >= 15 is 0 Å². The third-order valence-corrected chi connectivity index (χ3v) is 10.7. The number of ether oxygens (including phenoxy) is 2. The van der Waals surface area contributed by atoms with E-state index in [2.05, 4.69) is 20.8 Å². The number of aliphatic hydroxyl groups excluding tert-OH is 1. The van der Waals surface area contributed by atoms with E-state index in [-0.39, 0.29) is 17.5 Å². The Morgan fingerprint density at radius 1 is 1.21 bits per heavy atom. The zero-order valence-corrected chi connectivity index (χ0v) is 18.7. The predicted molar refractivity (Wildman–Crippen MR) is 111 cm³/mol. The third kappa shape index (κ3) is 2.87. The average molecular weight is 405 g/mol. The number of epoxide rings is 1. The maximum atomic E-state index is 11.7. The second-order valence-corrected chi connectivity index (χ2v) is 11.7. The molecule has 4 aliphatic carbocycles. The van der Waals surface area contributed by atoms with Crippen LogP contribution in [-0.2, 0) is 14.3 Å². The molecule has 1 saturated heterocycles. The van der Waals surface area contributed by atoms with Crippen molar-refractivity contribution in [1.82, 2.24) is 0 Å². The van der Waals surface area contributed by atoms with Gasteiger partial charge in [-0.05, 0) is 92.3 Å². The Hall–Kier alpha value is -0.610. The van der Waals surface area contributed by atoms with Gasteiger partial charge in [0.25, 0.3) is 0 Å². The van der Waals surface area contributed by atoms with Gasteiger partial charge < -0.3 is 14.6 Å². The summed E-state index contributed by atoms with van der Waals surface area (Å²) in [6.45, 7) is 7.42. The van der Waals surface area contributed by atoms with E-state index in [0.717, 1.165) is 31.1 Å². The number of methoxy groups -OCH3 is 1. The van der Waals surface area contributed by atoms with Gasteiger partial charge in [0.15, 0.2) is 0 Å². The smallest absolute Gasteiger partial charge is 0.305 e. The minimum Gasteiger partial charge on any atom is -0.469 e. The Morgan fingerprint density at radius 3 is 2.76 bits per heavy atom. The van der Waals surface area contributed by atoms with Crippen molar-refractivity contribution >= 4 is 5.97 Å². The highest BCUT2D eigenvalue weighted by atomic mass is 16.6. The summed E-state index contributed by atoms with van der Waals surface area (Å²) in [4.78, 5) is 11.7. The number of aliphatic hydroxyl groups is 1. The lowest BCUT2D eigenvalue weighted by Crippen LogP contribution is -2.57. The van der Waals surface area contributed by atoms with Crippen molar-refractivity contribution in [3.05, 3.63) is 0 Å². The second kappa shape index (κ2) is 6.95. The first kappa shape index (κ1) is 20.3. The summed E-state index contributed by atoms with van der Waals surface area (Å²) < 4.78 is 11.5.